The molecule has 0 spiro atoms. The van der Waals surface area contributed by atoms with Crippen molar-refractivity contribution in [2.24, 2.45) is 11.7 Å². The van der Waals surface area contributed by atoms with Gasteiger partial charge in [-0.2, -0.15) is 0 Å². The van der Waals surface area contributed by atoms with Crippen LogP contribution in [0, 0.1) is 17.6 Å². The highest BCUT2D eigenvalue weighted by molar-refractivity contribution is 5.96. The molecule has 0 bridgehead atoms. The molecule has 1 saturated carbocycles. The lowest BCUT2D eigenvalue weighted by Gasteiger charge is -2.35. The van der Waals surface area contributed by atoms with Crippen LogP contribution in [-0.4, -0.2) is 42.5 Å². The third kappa shape index (κ3) is 4.49. The van der Waals surface area contributed by atoms with Gasteiger partial charge in [0, 0.05) is 18.7 Å². The molecule has 2 aliphatic rings. The Balaban J connectivity index is 1.75. The van der Waals surface area contributed by atoms with Crippen LogP contribution in [0.4, 0.5) is 19.3 Å². The van der Waals surface area contributed by atoms with Crippen LogP contribution >= 0.6 is 0 Å². The van der Waals surface area contributed by atoms with E-state index in [0.717, 1.165) is 38.4 Å². The van der Waals surface area contributed by atoms with Gasteiger partial charge in [-0.25, -0.2) is 13.6 Å². The van der Waals surface area contributed by atoms with Gasteiger partial charge in [0.2, 0.25) is 0 Å². The minimum Gasteiger partial charge on any atom is -0.366 e. The van der Waals surface area contributed by atoms with Crippen molar-refractivity contribution in [2.45, 2.75) is 38.1 Å². The second-order valence-corrected chi connectivity index (χ2v) is 7.01. The molecule has 1 heterocycles. The molecule has 0 atom stereocenters. The maximum absolute atomic E-state index is 14.0. The van der Waals surface area contributed by atoms with Crippen LogP contribution in [0.3, 0.4) is 0 Å². The van der Waals surface area contributed by atoms with Crippen LogP contribution in [0.5, 0.6) is 0 Å². The maximum atomic E-state index is 14.0. The van der Waals surface area contributed by atoms with Crippen molar-refractivity contribution < 1.29 is 18.4 Å². The fourth-order valence-corrected chi connectivity index (χ4v) is 3.32. The summed E-state index contributed by atoms with van der Waals surface area (Å²) < 4.78 is 27.7. The Morgan fingerprint density at radius 1 is 1.15 bits per heavy atom. The predicted molar refractivity (Wildman–Crippen MR) is 93.8 cm³/mol. The molecule has 3 amide bonds. The monoisotopic (exact) mass is 366 g/mol. The first-order chi connectivity index (χ1) is 12.5. The molecule has 0 aromatic heterocycles. The van der Waals surface area contributed by atoms with E-state index in [1.54, 1.807) is 4.90 Å². The largest absolute Gasteiger partial charge is 0.366 e. The predicted octanol–water partition coefficient (Wildman–Crippen LogP) is 2.45. The zero-order chi connectivity index (χ0) is 18.7. The highest BCUT2D eigenvalue weighted by Gasteiger charge is 2.29. The zero-order valence-corrected chi connectivity index (χ0v) is 14.6. The zero-order valence-electron chi connectivity index (χ0n) is 14.6. The molecule has 1 aromatic rings. The molecule has 1 aliphatic heterocycles. The first-order valence-electron chi connectivity index (χ1n) is 9.03. The van der Waals surface area contributed by atoms with Gasteiger partial charge in [0.25, 0.3) is 5.91 Å². The maximum Gasteiger partial charge on any atom is 0.322 e. The molecule has 0 unspecified atom stereocenters. The number of hydrogen-bond acceptors (Lipinski definition) is 3. The van der Waals surface area contributed by atoms with Crippen molar-refractivity contribution >= 4 is 17.6 Å². The number of primary amides is 1. The van der Waals surface area contributed by atoms with Gasteiger partial charge >= 0.3 is 6.03 Å². The average molecular weight is 366 g/mol. The summed E-state index contributed by atoms with van der Waals surface area (Å²) in [5, 5.41) is 5.75. The number of rotatable bonds is 6. The van der Waals surface area contributed by atoms with Gasteiger partial charge < -0.3 is 21.3 Å². The fraction of sp³-hybridized carbons (Fsp3) is 0.556. The molecule has 3 rings (SSSR count). The van der Waals surface area contributed by atoms with Crippen molar-refractivity contribution in [3.63, 3.8) is 0 Å². The van der Waals surface area contributed by atoms with Gasteiger partial charge in [0.1, 0.15) is 11.6 Å². The van der Waals surface area contributed by atoms with Gasteiger partial charge in [-0.1, -0.05) is 12.8 Å². The quantitative estimate of drug-likeness (QED) is 0.723. The lowest BCUT2D eigenvalue weighted by atomic mass is 10.0. The number of anilines is 1. The number of nitrogens with two attached hydrogens (primary N) is 1. The summed E-state index contributed by atoms with van der Waals surface area (Å²) in [5.41, 5.74) is 4.41. The molecule has 1 aromatic carbocycles. The number of amides is 3. The Kier molecular flexibility index (Phi) is 5.70. The Morgan fingerprint density at radius 2 is 1.85 bits per heavy atom. The number of carbonyl (C=O) groups excluding carboxylic acids is 2. The number of urea groups is 1. The van der Waals surface area contributed by atoms with E-state index in [4.69, 9.17) is 5.73 Å². The molecule has 0 radical (unpaired) electrons. The number of hydrogen-bond donors (Lipinski definition) is 3. The number of benzene rings is 1. The van der Waals surface area contributed by atoms with Crippen molar-refractivity contribution in [1.82, 2.24) is 10.2 Å². The van der Waals surface area contributed by atoms with Gasteiger partial charge in [-0.15, -0.1) is 0 Å². The fourth-order valence-electron chi connectivity index (χ4n) is 3.32. The van der Waals surface area contributed by atoms with Crippen LogP contribution < -0.4 is 16.4 Å². The highest BCUT2D eigenvalue weighted by Crippen LogP contribution is 2.33. The Bertz CT molecular complexity index is 688. The molecule has 8 heteroatoms. The summed E-state index contributed by atoms with van der Waals surface area (Å²) in [6.45, 7) is 2.26. The van der Waals surface area contributed by atoms with E-state index in [9.17, 15) is 18.4 Å². The summed E-state index contributed by atoms with van der Waals surface area (Å²) in [7, 11) is 0. The van der Waals surface area contributed by atoms with E-state index in [-0.39, 0.29) is 11.7 Å². The first-order valence-corrected chi connectivity index (χ1v) is 9.03. The Morgan fingerprint density at radius 3 is 2.46 bits per heavy atom. The van der Waals surface area contributed by atoms with Crippen LogP contribution in [-0.2, 0) is 0 Å². The number of nitrogens with zero attached hydrogens (tertiary/aromatic N) is 1. The summed E-state index contributed by atoms with van der Waals surface area (Å²) in [6, 6.07) is 1.16. The third-order valence-corrected chi connectivity index (χ3v) is 5.05. The Labute approximate surface area is 151 Å². The van der Waals surface area contributed by atoms with E-state index in [1.807, 2.05) is 0 Å². The van der Waals surface area contributed by atoms with Crippen LogP contribution in [0.15, 0.2) is 12.1 Å². The lowest BCUT2D eigenvalue weighted by molar-refractivity contribution is 0.0996. The van der Waals surface area contributed by atoms with Crippen LogP contribution in [0.2, 0.25) is 0 Å². The molecular weight excluding hydrogens is 342 g/mol. The molecular formula is C18H24F2N4O2. The first kappa shape index (κ1) is 18.6. The minimum absolute atomic E-state index is 0.0779. The SMILES string of the molecule is NC(=O)c1cc(NC(=O)N(CCC2CC2)C2CCNCC2)c(F)cc1F. The van der Waals surface area contributed by atoms with Crippen molar-refractivity contribution in [3.8, 4) is 0 Å². The van der Waals surface area contributed by atoms with Gasteiger partial charge in [-0.05, 0) is 44.3 Å². The molecule has 4 N–H and O–H groups in total. The topological polar surface area (TPSA) is 87.5 Å². The van der Waals surface area contributed by atoms with Crippen LogP contribution in [0.25, 0.3) is 0 Å². The number of nitrogens with one attached hydrogen (secondary N) is 2. The summed E-state index contributed by atoms with van der Waals surface area (Å²) in [5.74, 6) is -2.33. The van der Waals surface area contributed by atoms with E-state index in [1.165, 1.54) is 12.8 Å². The second kappa shape index (κ2) is 7.99. The van der Waals surface area contributed by atoms with Crippen molar-refractivity contribution in [2.75, 3.05) is 25.0 Å². The molecule has 142 valence electrons. The molecule has 1 saturated heterocycles. The van der Waals surface area contributed by atoms with E-state index in [2.05, 4.69) is 10.6 Å². The van der Waals surface area contributed by atoms with Gasteiger partial charge in [0.15, 0.2) is 0 Å². The molecule has 6 nitrogen and oxygen atoms in total. The molecule has 2 fully saturated rings. The molecule has 1 aliphatic carbocycles. The molecule has 26 heavy (non-hydrogen) atoms. The highest BCUT2D eigenvalue weighted by atomic mass is 19.1. The van der Waals surface area contributed by atoms with Crippen molar-refractivity contribution in [1.29, 1.82) is 0 Å². The second-order valence-electron chi connectivity index (χ2n) is 7.01. The summed E-state index contributed by atoms with van der Waals surface area (Å²) in [6.07, 6.45) is 4.97. The summed E-state index contributed by atoms with van der Waals surface area (Å²) in [4.78, 5) is 25.8. The van der Waals surface area contributed by atoms with E-state index >= 15 is 0 Å². The normalized spacial score (nSPS) is 17.8. The van der Waals surface area contributed by atoms with E-state index < -0.39 is 29.1 Å². The van der Waals surface area contributed by atoms with Crippen molar-refractivity contribution in [3.05, 3.63) is 29.3 Å². The van der Waals surface area contributed by atoms with Crippen LogP contribution in [0.1, 0.15) is 42.5 Å². The smallest absolute Gasteiger partial charge is 0.322 e. The third-order valence-electron chi connectivity index (χ3n) is 5.05. The lowest BCUT2D eigenvalue weighted by Crippen LogP contribution is -2.48. The average Bonchev–Trinajstić information content (AvgIpc) is 3.42. The Hall–Kier alpha value is -2.22. The number of halogens is 2. The number of piperidine rings is 1. The van der Waals surface area contributed by atoms with Gasteiger partial charge in [-0.3, -0.25) is 4.79 Å². The minimum atomic E-state index is -1.04. The van der Waals surface area contributed by atoms with Gasteiger partial charge in [0.05, 0.1) is 11.3 Å². The number of carbonyl (C=O) groups is 2. The summed E-state index contributed by atoms with van der Waals surface area (Å²) >= 11 is 0. The standard InChI is InChI=1S/C18H24F2N4O2/c19-14-10-15(20)16(9-13(14)17(21)25)23-18(26)24(8-5-11-1-2-11)12-3-6-22-7-4-12/h9-12,22H,1-8H2,(H2,21,25)(H,23,26). The van der Waals surface area contributed by atoms with E-state index in [0.29, 0.717) is 18.5 Å².